The summed E-state index contributed by atoms with van der Waals surface area (Å²) in [7, 11) is -1.87. The minimum Gasteiger partial charge on any atom is -0.396 e. The lowest BCUT2D eigenvalue weighted by Crippen LogP contribution is -2.41. The van der Waals surface area contributed by atoms with E-state index in [1.54, 1.807) is 7.05 Å². The van der Waals surface area contributed by atoms with Gasteiger partial charge in [0, 0.05) is 25.9 Å². The van der Waals surface area contributed by atoms with Crippen LogP contribution in [0.5, 0.6) is 0 Å². The van der Waals surface area contributed by atoms with Crippen molar-refractivity contribution in [2.75, 3.05) is 6.61 Å². The Balaban J connectivity index is 2.10. The van der Waals surface area contributed by atoms with Gasteiger partial charge in [-0.3, -0.25) is 4.68 Å². The van der Waals surface area contributed by atoms with E-state index < -0.39 is 10.0 Å². The van der Waals surface area contributed by atoms with E-state index in [4.69, 9.17) is 0 Å². The van der Waals surface area contributed by atoms with Crippen LogP contribution in [0.1, 0.15) is 38.5 Å². The Bertz CT molecular complexity index is 521. The first-order chi connectivity index (χ1) is 9.53. The molecule has 0 amide bonds. The molecule has 2 rings (SSSR count). The van der Waals surface area contributed by atoms with Crippen molar-refractivity contribution < 1.29 is 13.5 Å². The second-order valence-electron chi connectivity index (χ2n) is 5.49. The van der Waals surface area contributed by atoms with Gasteiger partial charge in [-0.1, -0.05) is 19.3 Å². The summed E-state index contributed by atoms with van der Waals surface area (Å²) in [4.78, 5) is 0.179. The Kier molecular flexibility index (Phi) is 5.17. The average Bonchev–Trinajstić information content (AvgIpc) is 2.87. The maximum absolute atomic E-state index is 12.3. The van der Waals surface area contributed by atoms with E-state index in [9.17, 15) is 13.5 Å². The SMILES string of the molecule is Cn1cc(S(=O)(=O)NC(CCO)C2CCCCC2)cn1. The number of hydrogen-bond acceptors (Lipinski definition) is 4. The van der Waals surface area contributed by atoms with Crippen LogP contribution in [0.2, 0.25) is 0 Å². The molecule has 0 bridgehead atoms. The van der Waals surface area contributed by atoms with Crippen LogP contribution in [-0.2, 0) is 17.1 Å². The summed E-state index contributed by atoms with van der Waals surface area (Å²) >= 11 is 0. The van der Waals surface area contributed by atoms with Crippen LogP contribution >= 0.6 is 0 Å². The quantitative estimate of drug-likeness (QED) is 0.822. The molecule has 0 aromatic carbocycles. The number of nitrogens with one attached hydrogen (secondary N) is 1. The summed E-state index contributed by atoms with van der Waals surface area (Å²) in [5.74, 6) is 0.322. The summed E-state index contributed by atoms with van der Waals surface area (Å²) < 4.78 is 28.9. The van der Waals surface area contributed by atoms with Gasteiger partial charge in [-0.15, -0.1) is 0 Å². The first-order valence-electron chi connectivity index (χ1n) is 7.15. The van der Waals surface area contributed by atoms with Crippen molar-refractivity contribution in [3.8, 4) is 0 Å². The third-order valence-corrected chi connectivity index (χ3v) is 5.40. The van der Waals surface area contributed by atoms with Gasteiger partial charge in [-0.05, 0) is 25.2 Å². The zero-order valence-corrected chi connectivity index (χ0v) is 12.6. The van der Waals surface area contributed by atoms with Crippen molar-refractivity contribution in [1.82, 2.24) is 14.5 Å². The number of aliphatic hydroxyl groups is 1. The predicted molar refractivity (Wildman–Crippen MR) is 75.6 cm³/mol. The first-order valence-corrected chi connectivity index (χ1v) is 8.63. The molecule has 1 aliphatic carbocycles. The van der Waals surface area contributed by atoms with E-state index in [-0.39, 0.29) is 17.5 Å². The van der Waals surface area contributed by atoms with Crippen molar-refractivity contribution in [2.24, 2.45) is 13.0 Å². The summed E-state index contributed by atoms with van der Waals surface area (Å²) in [6.45, 7) is -0.00325. The summed E-state index contributed by atoms with van der Waals surface area (Å²) in [6.07, 6.45) is 8.85. The molecule has 0 spiro atoms. The molecule has 1 atom stereocenters. The number of aliphatic hydroxyl groups excluding tert-OH is 1. The van der Waals surface area contributed by atoms with Crippen LogP contribution in [0.4, 0.5) is 0 Å². The van der Waals surface area contributed by atoms with Gasteiger partial charge in [0.25, 0.3) is 0 Å². The fourth-order valence-corrected chi connectivity index (χ4v) is 4.19. The van der Waals surface area contributed by atoms with E-state index in [2.05, 4.69) is 9.82 Å². The van der Waals surface area contributed by atoms with Gasteiger partial charge in [0.2, 0.25) is 10.0 Å². The molecule has 1 saturated carbocycles. The third-order valence-electron chi connectivity index (χ3n) is 3.96. The average molecular weight is 301 g/mol. The van der Waals surface area contributed by atoms with Crippen molar-refractivity contribution >= 4 is 10.0 Å². The smallest absolute Gasteiger partial charge is 0.243 e. The molecule has 1 aromatic heterocycles. The van der Waals surface area contributed by atoms with Crippen LogP contribution in [0.3, 0.4) is 0 Å². The Morgan fingerprint density at radius 1 is 1.45 bits per heavy atom. The van der Waals surface area contributed by atoms with Crippen LogP contribution in [-0.4, -0.2) is 36.0 Å². The van der Waals surface area contributed by atoms with Crippen molar-refractivity contribution in [1.29, 1.82) is 0 Å². The lowest BCUT2D eigenvalue weighted by molar-refractivity contribution is 0.221. The van der Waals surface area contributed by atoms with E-state index in [0.717, 1.165) is 25.7 Å². The van der Waals surface area contributed by atoms with Gasteiger partial charge in [0.1, 0.15) is 4.90 Å². The summed E-state index contributed by atoms with van der Waals surface area (Å²) in [6, 6.07) is -0.189. The van der Waals surface area contributed by atoms with Gasteiger partial charge in [0.05, 0.1) is 6.20 Å². The molecule has 7 heteroatoms. The first kappa shape index (κ1) is 15.5. The van der Waals surface area contributed by atoms with Crippen LogP contribution < -0.4 is 4.72 Å². The van der Waals surface area contributed by atoms with E-state index in [1.807, 2.05) is 0 Å². The monoisotopic (exact) mass is 301 g/mol. The number of sulfonamides is 1. The largest absolute Gasteiger partial charge is 0.396 e. The topological polar surface area (TPSA) is 84.2 Å². The van der Waals surface area contributed by atoms with Crippen LogP contribution in [0, 0.1) is 5.92 Å². The minimum absolute atomic E-state index is 0.00325. The van der Waals surface area contributed by atoms with E-state index >= 15 is 0 Å². The highest BCUT2D eigenvalue weighted by molar-refractivity contribution is 7.89. The van der Waals surface area contributed by atoms with Crippen molar-refractivity contribution in [2.45, 2.75) is 49.5 Å². The lowest BCUT2D eigenvalue weighted by atomic mass is 9.83. The maximum Gasteiger partial charge on any atom is 0.243 e. The molecular weight excluding hydrogens is 278 g/mol. The number of aryl methyl sites for hydroxylation is 1. The normalized spacial score (nSPS) is 19.1. The predicted octanol–water partition coefficient (Wildman–Crippen LogP) is 1.03. The molecule has 1 aliphatic rings. The summed E-state index contributed by atoms with van der Waals surface area (Å²) in [5, 5.41) is 13.1. The molecule has 0 radical (unpaired) electrons. The number of aromatic nitrogens is 2. The molecule has 1 fully saturated rings. The van der Waals surface area contributed by atoms with Crippen LogP contribution in [0.15, 0.2) is 17.3 Å². The highest BCUT2D eigenvalue weighted by Crippen LogP contribution is 2.28. The van der Waals surface area contributed by atoms with Gasteiger partial charge < -0.3 is 5.11 Å². The molecule has 0 aliphatic heterocycles. The Morgan fingerprint density at radius 2 is 2.15 bits per heavy atom. The molecule has 2 N–H and O–H groups in total. The molecular formula is C13H23N3O3S. The lowest BCUT2D eigenvalue weighted by Gasteiger charge is -2.30. The summed E-state index contributed by atoms with van der Waals surface area (Å²) in [5.41, 5.74) is 0. The molecule has 114 valence electrons. The van der Waals surface area contributed by atoms with Crippen LogP contribution in [0.25, 0.3) is 0 Å². The van der Waals surface area contributed by atoms with E-state index in [0.29, 0.717) is 12.3 Å². The molecule has 1 unspecified atom stereocenters. The zero-order chi connectivity index (χ0) is 14.6. The molecule has 6 nitrogen and oxygen atoms in total. The standard InChI is InChI=1S/C13H23N3O3S/c1-16-10-12(9-14-16)20(18,19)15-13(7-8-17)11-5-3-2-4-6-11/h9-11,13,15,17H,2-8H2,1H3. The number of nitrogens with zero attached hydrogens (tertiary/aromatic N) is 2. The fraction of sp³-hybridized carbons (Fsp3) is 0.769. The van der Waals surface area contributed by atoms with Crippen molar-refractivity contribution in [3.05, 3.63) is 12.4 Å². The molecule has 0 saturated heterocycles. The maximum atomic E-state index is 12.3. The highest BCUT2D eigenvalue weighted by Gasteiger charge is 2.28. The Labute approximate surface area is 120 Å². The molecule has 1 heterocycles. The highest BCUT2D eigenvalue weighted by atomic mass is 32.2. The third kappa shape index (κ3) is 3.80. The Hall–Kier alpha value is -0.920. The number of rotatable bonds is 6. The van der Waals surface area contributed by atoms with Gasteiger partial charge in [-0.2, -0.15) is 5.10 Å². The minimum atomic E-state index is -3.55. The van der Waals surface area contributed by atoms with Crippen molar-refractivity contribution in [3.63, 3.8) is 0 Å². The van der Waals surface area contributed by atoms with E-state index in [1.165, 1.54) is 23.5 Å². The second kappa shape index (κ2) is 6.69. The van der Waals surface area contributed by atoms with Gasteiger partial charge >= 0.3 is 0 Å². The second-order valence-corrected chi connectivity index (χ2v) is 7.20. The molecule has 20 heavy (non-hydrogen) atoms. The zero-order valence-electron chi connectivity index (χ0n) is 11.8. The fourth-order valence-electron chi connectivity index (χ4n) is 2.87. The Morgan fingerprint density at radius 3 is 2.70 bits per heavy atom. The van der Waals surface area contributed by atoms with Gasteiger partial charge in [0.15, 0.2) is 0 Å². The van der Waals surface area contributed by atoms with Gasteiger partial charge in [-0.25, -0.2) is 13.1 Å². The number of hydrogen-bond donors (Lipinski definition) is 2. The molecule has 1 aromatic rings.